The van der Waals surface area contributed by atoms with Gasteiger partial charge in [-0.05, 0) is 37.1 Å². The summed E-state index contributed by atoms with van der Waals surface area (Å²) in [5, 5.41) is 8.60. The molecule has 0 fully saturated rings. The lowest BCUT2D eigenvalue weighted by molar-refractivity contribution is -0.461. The van der Waals surface area contributed by atoms with E-state index in [0.29, 0.717) is 0 Å². The van der Waals surface area contributed by atoms with Gasteiger partial charge in [0.25, 0.3) is 0 Å². The fraction of sp³-hybridized carbons (Fsp3) is 0.632. The van der Waals surface area contributed by atoms with Crippen LogP contribution in [-0.2, 0) is 0 Å². The van der Waals surface area contributed by atoms with Crippen LogP contribution in [0.3, 0.4) is 0 Å². The molecule has 0 atom stereocenters. The first kappa shape index (κ1) is 33.3. The number of ether oxygens (including phenoxy) is 1. The number of hydrogen-bond acceptors (Lipinski definition) is 2. The van der Waals surface area contributed by atoms with E-state index in [1.54, 1.807) is 6.07 Å². The predicted molar refractivity (Wildman–Crippen MR) is 91.2 cm³/mol. The molecule has 0 amide bonds. The molecule has 0 aromatic heterocycles. The summed E-state index contributed by atoms with van der Waals surface area (Å²) in [5.74, 6) is -56.2. The number of halogens is 17. The van der Waals surface area contributed by atoms with Crippen molar-refractivity contribution < 1.29 is 79.4 Å². The minimum atomic E-state index is -8.63. The standard InChI is InChI=1S/C19H12F17NO/c20-12(21,7-1-2-8-38-11-5-3-10(9-37)4-6-11)13(22,23)14(24,25)15(26,27)16(28,29)17(30,31)18(32,33)19(34,35)36/h3-6H,1-2,7-8H2. The van der Waals surface area contributed by atoms with Crippen molar-refractivity contribution in [2.45, 2.75) is 66.9 Å². The van der Waals surface area contributed by atoms with Crippen molar-refractivity contribution in [1.82, 2.24) is 0 Å². The molecule has 0 aliphatic rings. The number of nitrogens with zero attached hydrogens (tertiary/aromatic N) is 1. The zero-order valence-electron chi connectivity index (χ0n) is 17.9. The molecule has 0 saturated carbocycles. The third-order valence-corrected chi connectivity index (χ3v) is 4.92. The van der Waals surface area contributed by atoms with Gasteiger partial charge >= 0.3 is 47.6 Å². The number of benzene rings is 1. The number of hydrogen-bond donors (Lipinski definition) is 0. The highest BCUT2D eigenvalue weighted by molar-refractivity contribution is 5.34. The van der Waals surface area contributed by atoms with Gasteiger partial charge in [0.15, 0.2) is 0 Å². The van der Waals surface area contributed by atoms with Crippen LogP contribution in [0.2, 0.25) is 0 Å². The first-order chi connectivity index (χ1) is 16.8. The molecule has 0 aliphatic heterocycles. The van der Waals surface area contributed by atoms with E-state index in [9.17, 15) is 74.6 Å². The first-order valence-electron chi connectivity index (χ1n) is 9.60. The van der Waals surface area contributed by atoms with E-state index >= 15 is 0 Å². The molecule has 0 radical (unpaired) electrons. The molecule has 0 heterocycles. The van der Waals surface area contributed by atoms with Gasteiger partial charge in [-0.2, -0.15) is 79.9 Å². The molecule has 0 spiro atoms. The van der Waals surface area contributed by atoms with Gasteiger partial charge in [0.1, 0.15) is 5.75 Å². The van der Waals surface area contributed by atoms with Crippen LogP contribution < -0.4 is 4.74 Å². The molecule has 218 valence electrons. The second-order valence-corrected chi connectivity index (χ2v) is 7.59. The largest absolute Gasteiger partial charge is 0.494 e. The Hall–Kier alpha value is -2.68. The van der Waals surface area contributed by atoms with Crippen LogP contribution in [0.4, 0.5) is 74.6 Å². The van der Waals surface area contributed by atoms with Gasteiger partial charge in [-0.1, -0.05) is 0 Å². The van der Waals surface area contributed by atoms with E-state index in [1.165, 1.54) is 24.3 Å². The highest BCUT2D eigenvalue weighted by Crippen LogP contribution is 2.64. The average molecular weight is 593 g/mol. The Morgan fingerprint density at radius 2 is 0.947 bits per heavy atom. The van der Waals surface area contributed by atoms with E-state index in [4.69, 9.17) is 10.00 Å². The Labute approximate surface area is 200 Å². The monoisotopic (exact) mass is 593 g/mol. The Kier molecular flexibility index (Phi) is 8.89. The molecule has 0 unspecified atom stereocenters. The van der Waals surface area contributed by atoms with Crippen molar-refractivity contribution in [2.75, 3.05) is 6.61 Å². The van der Waals surface area contributed by atoms with Gasteiger partial charge in [0, 0.05) is 6.42 Å². The van der Waals surface area contributed by atoms with Crippen molar-refractivity contribution in [3.63, 3.8) is 0 Å². The van der Waals surface area contributed by atoms with Crippen LogP contribution >= 0.6 is 0 Å². The second-order valence-electron chi connectivity index (χ2n) is 7.59. The molecule has 38 heavy (non-hydrogen) atoms. The first-order valence-corrected chi connectivity index (χ1v) is 9.60. The van der Waals surface area contributed by atoms with Gasteiger partial charge < -0.3 is 4.74 Å². The quantitative estimate of drug-likeness (QED) is 0.181. The minimum Gasteiger partial charge on any atom is -0.494 e. The molecular weight excluding hydrogens is 581 g/mol. The van der Waals surface area contributed by atoms with Gasteiger partial charge in [0.05, 0.1) is 18.2 Å². The van der Waals surface area contributed by atoms with Gasteiger partial charge in [0.2, 0.25) is 0 Å². The highest BCUT2D eigenvalue weighted by atomic mass is 19.4. The molecule has 19 heteroatoms. The summed E-state index contributed by atoms with van der Waals surface area (Å²) in [5.41, 5.74) is 0.155. The summed E-state index contributed by atoms with van der Waals surface area (Å²) in [4.78, 5) is 0. The van der Waals surface area contributed by atoms with Crippen molar-refractivity contribution in [3.05, 3.63) is 29.8 Å². The lowest BCUT2D eigenvalue weighted by atomic mass is 9.88. The highest BCUT2D eigenvalue weighted by Gasteiger charge is 2.95. The van der Waals surface area contributed by atoms with Crippen LogP contribution in [0.15, 0.2) is 24.3 Å². The van der Waals surface area contributed by atoms with Gasteiger partial charge in [-0.3, -0.25) is 0 Å². The molecule has 2 nitrogen and oxygen atoms in total. The van der Waals surface area contributed by atoms with Crippen LogP contribution in [0.1, 0.15) is 24.8 Å². The zero-order chi connectivity index (χ0) is 30.2. The van der Waals surface area contributed by atoms with Crippen molar-refractivity contribution >= 4 is 0 Å². The molecule has 1 rings (SSSR count). The van der Waals surface area contributed by atoms with Crippen LogP contribution in [0.5, 0.6) is 5.75 Å². The fourth-order valence-electron chi connectivity index (χ4n) is 2.62. The molecule has 1 aromatic carbocycles. The van der Waals surface area contributed by atoms with Crippen LogP contribution in [-0.4, -0.2) is 54.2 Å². The minimum absolute atomic E-state index is 0.00826. The maximum Gasteiger partial charge on any atom is 0.460 e. The Bertz CT molecular complexity index is 992. The fourth-order valence-corrected chi connectivity index (χ4v) is 2.62. The van der Waals surface area contributed by atoms with Crippen LogP contribution in [0.25, 0.3) is 0 Å². The third kappa shape index (κ3) is 5.26. The molecular formula is C19H12F17NO. The summed E-state index contributed by atoms with van der Waals surface area (Å²) in [7, 11) is 0. The Morgan fingerprint density at radius 3 is 1.34 bits per heavy atom. The zero-order valence-corrected chi connectivity index (χ0v) is 17.9. The Balaban J connectivity index is 3.11. The van der Waals surface area contributed by atoms with E-state index in [1.807, 2.05) is 0 Å². The third-order valence-electron chi connectivity index (χ3n) is 4.92. The SMILES string of the molecule is N#Cc1ccc(OCCCCC(F)(F)C(F)(F)C(F)(F)C(F)(F)C(F)(F)C(F)(F)C(F)(F)C(F)(F)F)cc1. The number of unbranched alkanes of at least 4 members (excludes halogenated alkanes) is 1. The summed E-state index contributed by atoms with van der Waals surface area (Å²) in [6.45, 7) is -0.614. The molecule has 0 N–H and O–H groups in total. The predicted octanol–water partition coefficient (Wildman–Crippen LogP) is 8.12. The van der Waals surface area contributed by atoms with E-state index in [-0.39, 0.29) is 11.3 Å². The summed E-state index contributed by atoms with van der Waals surface area (Å²) in [6, 6.07) is 6.52. The van der Waals surface area contributed by atoms with E-state index < -0.39 is 73.5 Å². The van der Waals surface area contributed by atoms with Gasteiger partial charge in [-0.15, -0.1) is 0 Å². The van der Waals surface area contributed by atoms with Crippen molar-refractivity contribution in [1.29, 1.82) is 5.26 Å². The lowest BCUT2D eigenvalue weighted by Gasteiger charge is -2.42. The second kappa shape index (κ2) is 10.1. The smallest absolute Gasteiger partial charge is 0.460 e. The Morgan fingerprint density at radius 1 is 0.553 bits per heavy atom. The maximum atomic E-state index is 13.8. The lowest BCUT2D eigenvalue weighted by Crippen LogP contribution is -2.74. The molecule has 0 aliphatic carbocycles. The summed E-state index contributed by atoms with van der Waals surface area (Å²) < 4.78 is 229. The molecule has 1 aromatic rings. The maximum absolute atomic E-state index is 13.8. The molecule has 0 saturated heterocycles. The number of alkyl halides is 17. The number of nitriles is 1. The van der Waals surface area contributed by atoms with Crippen LogP contribution in [0, 0.1) is 11.3 Å². The van der Waals surface area contributed by atoms with Crippen molar-refractivity contribution in [2.24, 2.45) is 0 Å². The van der Waals surface area contributed by atoms with Crippen molar-refractivity contribution in [3.8, 4) is 11.8 Å². The van der Waals surface area contributed by atoms with E-state index in [2.05, 4.69) is 0 Å². The summed E-state index contributed by atoms with van der Waals surface area (Å²) in [6.07, 6.45) is -12.3. The topological polar surface area (TPSA) is 33.0 Å². The summed E-state index contributed by atoms with van der Waals surface area (Å²) >= 11 is 0. The number of rotatable bonds is 12. The van der Waals surface area contributed by atoms with E-state index in [0.717, 1.165) is 0 Å². The normalized spacial score (nSPS) is 14.8. The average Bonchev–Trinajstić information content (AvgIpc) is 2.77. The van der Waals surface area contributed by atoms with Gasteiger partial charge in [-0.25, -0.2) is 0 Å². The molecule has 0 bridgehead atoms.